The zero-order valence-electron chi connectivity index (χ0n) is 18.1. The van der Waals surface area contributed by atoms with Crippen molar-refractivity contribution in [3.05, 3.63) is 89.5 Å². The van der Waals surface area contributed by atoms with Gasteiger partial charge in [0.2, 0.25) is 0 Å². The summed E-state index contributed by atoms with van der Waals surface area (Å²) in [4.78, 5) is 12.9. The number of rotatable bonds is 7. The van der Waals surface area contributed by atoms with E-state index >= 15 is 0 Å². The van der Waals surface area contributed by atoms with Gasteiger partial charge in [0.25, 0.3) is 0 Å². The maximum atomic E-state index is 12.7. The van der Waals surface area contributed by atoms with Gasteiger partial charge < -0.3 is 4.79 Å². The van der Waals surface area contributed by atoms with Crippen LogP contribution in [-0.4, -0.2) is 50.3 Å². The Balaban J connectivity index is 2.30. The number of carbonyl (C=O) groups is 1. The van der Waals surface area contributed by atoms with Crippen LogP contribution < -0.4 is 0 Å². The largest absolute Gasteiger partial charge is 0.302 e. The first-order valence-electron chi connectivity index (χ1n) is 9.58. The number of hydrogen-bond donors (Lipinski definition) is 0. The van der Waals surface area contributed by atoms with Crippen molar-refractivity contribution in [2.45, 2.75) is 20.1 Å². The summed E-state index contributed by atoms with van der Waals surface area (Å²) in [5, 5.41) is 0. The van der Waals surface area contributed by atoms with Crippen molar-refractivity contribution >= 4 is 35.8 Å². The Bertz CT molecular complexity index is 1320. The van der Waals surface area contributed by atoms with E-state index in [0.717, 1.165) is 18.8 Å². The first-order chi connectivity index (χ1) is 15.2. The van der Waals surface area contributed by atoms with Gasteiger partial charge in [-0.25, -0.2) is 25.3 Å². The fourth-order valence-corrected chi connectivity index (χ4v) is 5.49. The molecule has 0 saturated carbocycles. The lowest BCUT2D eigenvalue weighted by atomic mass is 9.70. The van der Waals surface area contributed by atoms with E-state index in [1.165, 1.54) is 72.8 Å². The second-order valence-electron chi connectivity index (χ2n) is 7.82. The fourth-order valence-electron chi connectivity index (χ4n) is 3.60. The van der Waals surface area contributed by atoms with E-state index in [1.54, 1.807) is 0 Å². The van der Waals surface area contributed by atoms with Crippen molar-refractivity contribution < 1.29 is 30.0 Å². The van der Waals surface area contributed by atoms with Crippen molar-refractivity contribution in [1.29, 1.82) is 0 Å². The molecule has 3 rings (SSSR count). The molecule has 0 atom stereocenters. The van der Waals surface area contributed by atoms with Crippen LogP contribution in [0.4, 0.5) is 0 Å². The summed E-state index contributed by atoms with van der Waals surface area (Å²) in [7, 11) is -10.4. The molecular formula is C23H22O7S3. The van der Waals surface area contributed by atoms with Gasteiger partial charge >= 0.3 is 0 Å². The minimum absolute atomic E-state index is 0.0749. The monoisotopic (exact) mass is 506 g/mol. The molecule has 3 aromatic carbocycles. The lowest BCUT2D eigenvalue weighted by molar-refractivity contribution is -0.110. The second kappa shape index (κ2) is 8.51. The van der Waals surface area contributed by atoms with Crippen molar-refractivity contribution in [2.24, 2.45) is 0 Å². The van der Waals surface area contributed by atoms with E-state index in [-0.39, 0.29) is 14.7 Å². The molecule has 174 valence electrons. The van der Waals surface area contributed by atoms with Crippen LogP contribution in [-0.2, 0) is 39.7 Å². The molecule has 0 bridgehead atoms. The Morgan fingerprint density at radius 1 is 0.485 bits per heavy atom. The summed E-state index contributed by atoms with van der Waals surface area (Å²) < 4.78 is 71.3. The summed E-state index contributed by atoms with van der Waals surface area (Å²) in [5.74, 6) is 0. The lowest BCUT2D eigenvalue weighted by Gasteiger charge is -2.30. The molecule has 0 fully saturated rings. The Morgan fingerprint density at radius 2 is 0.697 bits per heavy atom. The smallest absolute Gasteiger partial charge is 0.175 e. The molecule has 0 aliphatic heterocycles. The third kappa shape index (κ3) is 4.92. The Hall–Kier alpha value is -2.82. The highest BCUT2D eigenvalue weighted by Gasteiger charge is 2.37. The fraction of sp³-hybridized carbons (Fsp3) is 0.174. The molecule has 0 amide bonds. The summed E-state index contributed by atoms with van der Waals surface area (Å²) in [6, 6.07) is 17.4. The third-order valence-electron chi connectivity index (χ3n) is 5.39. The van der Waals surface area contributed by atoms with Gasteiger partial charge in [-0.2, -0.15) is 0 Å². The lowest BCUT2D eigenvalue weighted by Crippen LogP contribution is -2.31. The van der Waals surface area contributed by atoms with Gasteiger partial charge in [-0.3, -0.25) is 0 Å². The topological polar surface area (TPSA) is 119 Å². The molecule has 0 aromatic heterocycles. The Morgan fingerprint density at radius 3 is 0.848 bits per heavy atom. The molecule has 0 N–H and O–H groups in total. The molecule has 0 aliphatic rings. The summed E-state index contributed by atoms with van der Waals surface area (Å²) >= 11 is 0. The summed E-state index contributed by atoms with van der Waals surface area (Å²) in [6.45, 7) is 0. The van der Waals surface area contributed by atoms with Crippen molar-refractivity contribution in [3.8, 4) is 0 Å². The number of hydrogen-bond acceptors (Lipinski definition) is 7. The van der Waals surface area contributed by atoms with Crippen LogP contribution in [0.2, 0.25) is 0 Å². The standard InChI is InChI=1S/C23H22O7S3/c1-31(25,26)20-10-4-17(5-11-20)23(16-24,18-6-12-21(13-7-18)32(2,27)28)19-8-14-22(15-9-19)33(3,29)30/h4-16H,1-3H3. The zero-order chi connectivity index (χ0) is 24.7. The molecule has 3 aromatic rings. The van der Waals surface area contributed by atoms with Gasteiger partial charge in [-0.15, -0.1) is 0 Å². The van der Waals surface area contributed by atoms with Crippen molar-refractivity contribution in [1.82, 2.24) is 0 Å². The Labute approximate surface area is 193 Å². The normalized spacial score (nSPS) is 12.9. The minimum atomic E-state index is -3.47. The Kier molecular flexibility index (Phi) is 6.40. The van der Waals surface area contributed by atoms with Crippen molar-refractivity contribution in [2.75, 3.05) is 18.8 Å². The first-order valence-corrected chi connectivity index (χ1v) is 15.2. The van der Waals surface area contributed by atoms with Gasteiger partial charge in [0.05, 0.1) is 14.7 Å². The number of sulfone groups is 3. The van der Waals surface area contributed by atoms with Gasteiger partial charge in [-0.05, 0) is 53.1 Å². The molecule has 10 heteroatoms. The van der Waals surface area contributed by atoms with E-state index in [2.05, 4.69) is 0 Å². The molecular weight excluding hydrogens is 484 g/mol. The molecule has 0 aliphatic carbocycles. The second-order valence-corrected chi connectivity index (χ2v) is 13.9. The third-order valence-corrected chi connectivity index (χ3v) is 8.78. The maximum absolute atomic E-state index is 12.7. The van der Waals surface area contributed by atoms with Gasteiger partial charge in [0.1, 0.15) is 11.7 Å². The van der Waals surface area contributed by atoms with Crippen LogP contribution in [0.5, 0.6) is 0 Å². The predicted octanol–water partition coefficient (Wildman–Crippen LogP) is 2.43. The van der Waals surface area contributed by atoms with Crippen LogP contribution >= 0.6 is 0 Å². The van der Waals surface area contributed by atoms with E-state index in [0.29, 0.717) is 23.0 Å². The van der Waals surface area contributed by atoms with Crippen LogP contribution in [0.3, 0.4) is 0 Å². The summed E-state index contributed by atoms with van der Waals surface area (Å²) in [5.41, 5.74) is -0.139. The van der Waals surface area contributed by atoms with E-state index < -0.39 is 34.9 Å². The molecule has 0 radical (unpaired) electrons. The van der Waals surface area contributed by atoms with Crippen LogP contribution in [0.15, 0.2) is 87.5 Å². The van der Waals surface area contributed by atoms with Crippen LogP contribution in [0.1, 0.15) is 16.7 Å². The van der Waals surface area contributed by atoms with Crippen molar-refractivity contribution in [3.63, 3.8) is 0 Å². The molecule has 33 heavy (non-hydrogen) atoms. The first kappa shape index (κ1) is 24.8. The van der Waals surface area contributed by atoms with Gasteiger partial charge in [0.15, 0.2) is 29.5 Å². The average Bonchev–Trinajstić information content (AvgIpc) is 2.74. The van der Waals surface area contributed by atoms with E-state index in [9.17, 15) is 30.0 Å². The van der Waals surface area contributed by atoms with Crippen LogP contribution in [0.25, 0.3) is 0 Å². The van der Waals surface area contributed by atoms with Gasteiger partial charge in [-0.1, -0.05) is 36.4 Å². The predicted molar refractivity (Wildman–Crippen MR) is 125 cm³/mol. The van der Waals surface area contributed by atoms with Crippen LogP contribution in [0, 0.1) is 0 Å². The highest BCUT2D eigenvalue weighted by atomic mass is 32.2. The molecule has 0 saturated heterocycles. The number of carbonyl (C=O) groups excluding carboxylic acids is 1. The molecule has 0 spiro atoms. The number of aldehydes is 1. The molecule has 0 unspecified atom stereocenters. The quantitative estimate of drug-likeness (QED) is 0.357. The zero-order valence-corrected chi connectivity index (χ0v) is 20.5. The minimum Gasteiger partial charge on any atom is -0.302 e. The van der Waals surface area contributed by atoms with E-state index in [1.807, 2.05) is 0 Å². The SMILES string of the molecule is CS(=O)(=O)c1ccc(C(C=O)(c2ccc(S(C)(=O)=O)cc2)c2ccc(S(C)(=O)=O)cc2)cc1. The molecule has 7 nitrogen and oxygen atoms in total. The molecule has 0 heterocycles. The average molecular weight is 507 g/mol. The highest BCUT2D eigenvalue weighted by molar-refractivity contribution is 7.91. The summed E-state index contributed by atoms with van der Waals surface area (Å²) in [6.07, 6.45) is 3.89. The highest BCUT2D eigenvalue weighted by Crippen LogP contribution is 2.38. The maximum Gasteiger partial charge on any atom is 0.175 e. The number of benzene rings is 3. The van der Waals surface area contributed by atoms with Gasteiger partial charge in [0, 0.05) is 18.8 Å². The van der Waals surface area contributed by atoms with E-state index in [4.69, 9.17) is 0 Å².